The van der Waals surface area contributed by atoms with Gasteiger partial charge in [-0.1, -0.05) is 31.7 Å². The molecule has 3 heteroatoms. The highest BCUT2D eigenvalue weighted by Crippen LogP contribution is 2.34. The number of allylic oxidation sites excluding steroid dienone is 2. The average Bonchev–Trinajstić information content (AvgIpc) is 2.17. The van der Waals surface area contributed by atoms with E-state index in [0.717, 1.165) is 29.4 Å². The number of sulfone groups is 1. The highest BCUT2D eigenvalue weighted by Gasteiger charge is 2.34. The minimum atomic E-state index is -3.28. The molecular weight excluding hydrogens is 220 g/mol. The maximum atomic E-state index is 12.0. The molecule has 0 fully saturated rings. The first kappa shape index (κ1) is 13.0. The third-order valence-electron chi connectivity index (χ3n) is 3.17. The molecule has 2 atom stereocenters. The first-order valence-electron chi connectivity index (χ1n) is 5.36. The zero-order valence-corrected chi connectivity index (χ0v) is 10.7. The van der Waals surface area contributed by atoms with E-state index in [9.17, 15) is 8.42 Å². The Hall–Kier alpha value is -1.05. The van der Waals surface area contributed by atoms with Crippen molar-refractivity contribution in [2.24, 2.45) is 5.92 Å². The van der Waals surface area contributed by atoms with E-state index in [1.54, 1.807) is 6.08 Å². The molecule has 1 rings (SSSR count). The van der Waals surface area contributed by atoms with Gasteiger partial charge in [0.05, 0.1) is 10.7 Å². The van der Waals surface area contributed by atoms with E-state index in [2.05, 4.69) is 18.9 Å². The van der Waals surface area contributed by atoms with Crippen LogP contribution >= 0.6 is 0 Å². The van der Waals surface area contributed by atoms with Crippen molar-refractivity contribution in [2.75, 3.05) is 0 Å². The minimum absolute atomic E-state index is 0.137. The van der Waals surface area contributed by atoms with Crippen LogP contribution in [0.15, 0.2) is 41.5 Å². The summed E-state index contributed by atoms with van der Waals surface area (Å²) in [5.74, 6) is 0.137. The SMILES string of the molecule is C=C=CS(=O)(=O)[C@H]1C(C)=C(C=C)CC[C@@H]1C. The first-order valence-corrected chi connectivity index (χ1v) is 6.96. The number of hydrogen-bond donors (Lipinski definition) is 0. The lowest BCUT2D eigenvalue weighted by molar-refractivity contribution is 0.485. The Bertz CT molecular complexity index is 462. The predicted octanol–water partition coefficient (Wildman–Crippen LogP) is 3.00. The Morgan fingerprint density at radius 1 is 1.50 bits per heavy atom. The topological polar surface area (TPSA) is 34.1 Å². The molecule has 0 amide bonds. The highest BCUT2D eigenvalue weighted by molar-refractivity contribution is 7.95. The molecule has 0 heterocycles. The first-order chi connectivity index (χ1) is 7.44. The van der Waals surface area contributed by atoms with Crippen molar-refractivity contribution in [1.82, 2.24) is 0 Å². The Kier molecular flexibility index (Phi) is 3.95. The van der Waals surface area contributed by atoms with E-state index in [0.29, 0.717) is 0 Å². The number of rotatable bonds is 3. The van der Waals surface area contributed by atoms with E-state index < -0.39 is 15.1 Å². The molecule has 1 aliphatic rings. The Morgan fingerprint density at radius 3 is 2.62 bits per heavy atom. The van der Waals surface area contributed by atoms with Crippen LogP contribution in [0.2, 0.25) is 0 Å². The summed E-state index contributed by atoms with van der Waals surface area (Å²) in [5, 5.41) is 0.646. The van der Waals surface area contributed by atoms with Crippen LogP contribution < -0.4 is 0 Å². The van der Waals surface area contributed by atoms with Crippen molar-refractivity contribution >= 4 is 9.84 Å². The molecule has 0 N–H and O–H groups in total. The molecule has 0 saturated heterocycles. The molecule has 16 heavy (non-hydrogen) atoms. The monoisotopic (exact) mass is 238 g/mol. The summed E-state index contributed by atoms with van der Waals surface area (Å²) in [6, 6.07) is 0. The Balaban J connectivity index is 3.30. The fourth-order valence-electron chi connectivity index (χ4n) is 2.36. The van der Waals surface area contributed by atoms with Gasteiger partial charge < -0.3 is 0 Å². The zero-order valence-electron chi connectivity index (χ0n) is 9.86. The second kappa shape index (κ2) is 4.86. The van der Waals surface area contributed by atoms with Gasteiger partial charge in [0.2, 0.25) is 0 Å². The molecule has 0 aromatic carbocycles. The van der Waals surface area contributed by atoms with Gasteiger partial charge in [-0.25, -0.2) is 8.42 Å². The van der Waals surface area contributed by atoms with Gasteiger partial charge in [-0.3, -0.25) is 0 Å². The van der Waals surface area contributed by atoms with Gasteiger partial charge in [0.25, 0.3) is 0 Å². The lowest BCUT2D eigenvalue weighted by Gasteiger charge is -2.29. The molecule has 0 aliphatic heterocycles. The van der Waals surface area contributed by atoms with Gasteiger partial charge >= 0.3 is 0 Å². The lowest BCUT2D eigenvalue weighted by Crippen LogP contribution is -2.31. The van der Waals surface area contributed by atoms with Crippen molar-refractivity contribution in [3.63, 3.8) is 0 Å². The predicted molar refractivity (Wildman–Crippen MR) is 67.7 cm³/mol. The third kappa shape index (κ3) is 2.37. The second-order valence-electron chi connectivity index (χ2n) is 4.26. The van der Waals surface area contributed by atoms with Crippen LogP contribution in [-0.2, 0) is 9.84 Å². The Morgan fingerprint density at radius 2 is 2.12 bits per heavy atom. The van der Waals surface area contributed by atoms with Gasteiger partial charge in [-0.05, 0) is 31.3 Å². The quantitative estimate of drug-likeness (QED) is 0.708. The molecule has 0 aromatic heterocycles. The van der Waals surface area contributed by atoms with Crippen molar-refractivity contribution < 1.29 is 8.42 Å². The highest BCUT2D eigenvalue weighted by atomic mass is 32.2. The second-order valence-corrected chi connectivity index (χ2v) is 6.18. The van der Waals surface area contributed by atoms with E-state index >= 15 is 0 Å². The summed E-state index contributed by atoms with van der Waals surface area (Å²) in [5.41, 5.74) is 4.34. The molecule has 0 saturated carbocycles. The summed E-state index contributed by atoms with van der Waals surface area (Å²) in [6.07, 6.45) is 3.56. The van der Waals surface area contributed by atoms with Gasteiger partial charge in [-0.2, -0.15) is 0 Å². The van der Waals surface area contributed by atoms with E-state index in [1.165, 1.54) is 0 Å². The Labute approximate surface area is 98.0 Å². The van der Waals surface area contributed by atoms with Gasteiger partial charge in [0.1, 0.15) is 0 Å². The molecule has 0 bridgehead atoms. The molecule has 88 valence electrons. The van der Waals surface area contributed by atoms with Crippen LogP contribution in [0.1, 0.15) is 26.7 Å². The van der Waals surface area contributed by atoms with Crippen LogP contribution in [0.4, 0.5) is 0 Å². The summed E-state index contributed by atoms with van der Waals surface area (Å²) < 4.78 is 24.1. The third-order valence-corrected chi connectivity index (χ3v) is 5.19. The van der Waals surface area contributed by atoms with Crippen LogP contribution in [0.5, 0.6) is 0 Å². The van der Waals surface area contributed by atoms with E-state index in [-0.39, 0.29) is 5.92 Å². The minimum Gasteiger partial charge on any atom is -0.223 e. The van der Waals surface area contributed by atoms with Crippen molar-refractivity contribution in [3.8, 4) is 0 Å². The smallest absolute Gasteiger partial charge is 0.185 e. The molecule has 1 aliphatic carbocycles. The average molecular weight is 238 g/mol. The van der Waals surface area contributed by atoms with Crippen LogP contribution in [0.25, 0.3) is 0 Å². The van der Waals surface area contributed by atoms with Crippen LogP contribution in [0.3, 0.4) is 0 Å². The molecule has 0 spiro atoms. The largest absolute Gasteiger partial charge is 0.223 e. The normalized spacial score (nSPS) is 26.1. The van der Waals surface area contributed by atoms with E-state index in [4.69, 9.17) is 0 Å². The maximum absolute atomic E-state index is 12.0. The van der Waals surface area contributed by atoms with Gasteiger partial charge in [0.15, 0.2) is 9.84 Å². The van der Waals surface area contributed by atoms with Gasteiger partial charge in [0, 0.05) is 0 Å². The molecule has 0 aromatic rings. The summed E-state index contributed by atoms with van der Waals surface area (Å²) in [6.45, 7) is 10.9. The lowest BCUT2D eigenvalue weighted by atomic mass is 9.85. The summed E-state index contributed by atoms with van der Waals surface area (Å²) in [4.78, 5) is 0. The molecular formula is C13H18O2S. The maximum Gasteiger partial charge on any atom is 0.185 e. The zero-order chi connectivity index (χ0) is 12.3. The van der Waals surface area contributed by atoms with Gasteiger partial charge in [-0.15, -0.1) is 5.73 Å². The fraction of sp³-hybridized carbons (Fsp3) is 0.462. The molecule has 0 radical (unpaired) electrons. The summed E-state index contributed by atoms with van der Waals surface area (Å²) in [7, 11) is -3.28. The standard InChI is InChI=1S/C13H18O2S/c1-5-9-16(14,15)13-10(3)7-8-12(6-2)11(13)4/h6,9-10,13H,1-2,7-8H2,3-4H3/t10-,13+/m0/s1. The molecule has 2 nitrogen and oxygen atoms in total. The van der Waals surface area contributed by atoms with Crippen molar-refractivity contribution in [2.45, 2.75) is 31.9 Å². The van der Waals surface area contributed by atoms with Crippen molar-refractivity contribution in [3.05, 3.63) is 41.5 Å². The summed E-state index contributed by atoms with van der Waals surface area (Å²) >= 11 is 0. The van der Waals surface area contributed by atoms with Crippen LogP contribution in [0, 0.1) is 5.92 Å². The van der Waals surface area contributed by atoms with E-state index in [1.807, 2.05) is 13.8 Å². The fourth-order valence-corrected chi connectivity index (χ4v) is 4.17. The van der Waals surface area contributed by atoms with Crippen LogP contribution in [-0.4, -0.2) is 13.7 Å². The number of hydrogen-bond acceptors (Lipinski definition) is 2. The molecule has 0 unspecified atom stereocenters. The van der Waals surface area contributed by atoms with Crippen molar-refractivity contribution in [1.29, 1.82) is 0 Å².